The number of hydrogen-bond acceptors (Lipinski definition) is 4. The van der Waals surface area contributed by atoms with E-state index in [1.54, 1.807) is 31.4 Å². The minimum atomic E-state index is -4.69. The summed E-state index contributed by atoms with van der Waals surface area (Å²) in [6, 6.07) is 11.2. The smallest absolute Gasteiger partial charge is 0.336 e. The molecule has 0 aliphatic heterocycles. The second-order valence-electron chi connectivity index (χ2n) is 7.64. The van der Waals surface area contributed by atoms with Crippen molar-refractivity contribution in [1.29, 1.82) is 5.26 Å². The van der Waals surface area contributed by atoms with Crippen LogP contribution in [0.15, 0.2) is 47.0 Å². The monoisotopic (exact) mass is 428 g/mol. The van der Waals surface area contributed by atoms with Crippen LogP contribution >= 0.6 is 0 Å². The minimum Gasteiger partial charge on any atom is -0.336 e. The highest BCUT2D eigenvalue weighted by molar-refractivity contribution is 5.88. The molecule has 2 aromatic heterocycles. The van der Waals surface area contributed by atoms with Crippen LogP contribution in [0.3, 0.4) is 0 Å². The molecule has 0 unspecified atom stereocenters. The SMILES string of the molecule is Cc1cc2c(C(F)(F)F)c(C#N)ccc2n1C(C)(C)c1nc(-c2ccc(F)cc2)no1. The fourth-order valence-electron chi connectivity index (χ4n) is 3.84. The number of hydrogen-bond donors (Lipinski definition) is 0. The normalized spacial score (nSPS) is 12.3. The van der Waals surface area contributed by atoms with Gasteiger partial charge in [-0.05, 0) is 63.2 Å². The zero-order chi connectivity index (χ0) is 22.6. The van der Waals surface area contributed by atoms with E-state index in [-0.39, 0.29) is 22.6 Å². The van der Waals surface area contributed by atoms with Gasteiger partial charge in [-0.1, -0.05) is 5.16 Å². The average Bonchev–Trinajstić information content (AvgIpc) is 3.31. The molecule has 0 fully saturated rings. The minimum absolute atomic E-state index is 0.0737. The molecule has 0 aliphatic carbocycles. The summed E-state index contributed by atoms with van der Waals surface area (Å²) in [4.78, 5) is 4.40. The zero-order valence-electron chi connectivity index (χ0n) is 16.8. The topological polar surface area (TPSA) is 67.6 Å². The Morgan fingerprint density at radius 2 is 1.74 bits per heavy atom. The first-order valence-electron chi connectivity index (χ1n) is 9.27. The third kappa shape index (κ3) is 3.34. The molecule has 4 rings (SSSR count). The van der Waals surface area contributed by atoms with Gasteiger partial charge in [-0.2, -0.15) is 23.4 Å². The number of benzene rings is 2. The van der Waals surface area contributed by atoms with Gasteiger partial charge in [-0.25, -0.2) is 4.39 Å². The van der Waals surface area contributed by atoms with Crippen molar-refractivity contribution in [2.24, 2.45) is 0 Å². The lowest BCUT2D eigenvalue weighted by Gasteiger charge is -2.26. The number of halogens is 4. The van der Waals surface area contributed by atoms with E-state index in [0.29, 0.717) is 11.3 Å². The van der Waals surface area contributed by atoms with Gasteiger partial charge in [0.05, 0.1) is 17.2 Å². The Morgan fingerprint density at radius 3 is 2.35 bits per heavy atom. The van der Waals surface area contributed by atoms with Gasteiger partial charge in [0.15, 0.2) is 0 Å². The lowest BCUT2D eigenvalue weighted by atomic mass is 10.0. The maximum atomic E-state index is 13.7. The van der Waals surface area contributed by atoms with Crippen molar-refractivity contribution < 1.29 is 22.1 Å². The molecule has 0 saturated heterocycles. The van der Waals surface area contributed by atoms with E-state index < -0.39 is 28.7 Å². The quantitative estimate of drug-likeness (QED) is 0.386. The fourth-order valence-corrected chi connectivity index (χ4v) is 3.84. The number of fused-ring (bicyclic) bond motifs is 1. The summed E-state index contributed by atoms with van der Waals surface area (Å²) in [7, 11) is 0. The highest BCUT2D eigenvalue weighted by Crippen LogP contribution is 2.41. The van der Waals surface area contributed by atoms with Crippen molar-refractivity contribution in [2.45, 2.75) is 32.5 Å². The van der Waals surface area contributed by atoms with Gasteiger partial charge in [0.2, 0.25) is 5.82 Å². The molecule has 4 aromatic rings. The van der Waals surface area contributed by atoms with E-state index in [2.05, 4.69) is 10.1 Å². The van der Waals surface area contributed by atoms with E-state index in [1.807, 2.05) is 0 Å². The second-order valence-corrected chi connectivity index (χ2v) is 7.64. The number of alkyl halides is 3. The molecule has 0 spiro atoms. The van der Waals surface area contributed by atoms with Gasteiger partial charge in [0.1, 0.15) is 11.4 Å². The van der Waals surface area contributed by atoms with Crippen LogP contribution in [0.4, 0.5) is 17.6 Å². The van der Waals surface area contributed by atoms with Crippen molar-refractivity contribution in [3.8, 4) is 17.5 Å². The molecular formula is C22H16F4N4O. The number of aromatic nitrogens is 3. The van der Waals surface area contributed by atoms with E-state index in [0.717, 1.165) is 6.07 Å². The summed E-state index contributed by atoms with van der Waals surface area (Å²) in [5, 5.41) is 13.0. The molecule has 5 nitrogen and oxygen atoms in total. The molecule has 0 N–H and O–H groups in total. The third-order valence-corrected chi connectivity index (χ3v) is 5.18. The highest BCUT2D eigenvalue weighted by Gasteiger charge is 2.39. The summed E-state index contributed by atoms with van der Waals surface area (Å²) in [6.07, 6.45) is -4.69. The van der Waals surface area contributed by atoms with Gasteiger partial charge in [-0.15, -0.1) is 0 Å². The van der Waals surface area contributed by atoms with Crippen molar-refractivity contribution in [3.05, 3.63) is 71.0 Å². The highest BCUT2D eigenvalue weighted by atomic mass is 19.4. The lowest BCUT2D eigenvalue weighted by molar-refractivity contribution is -0.136. The van der Waals surface area contributed by atoms with Crippen molar-refractivity contribution >= 4 is 10.9 Å². The largest absolute Gasteiger partial charge is 0.418 e. The van der Waals surface area contributed by atoms with Crippen LogP contribution in [-0.2, 0) is 11.7 Å². The number of nitriles is 1. The van der Waals surface area contributed by atoms with Gasteiger partial charge in [0.25, 0.3) is 5.89 Å². The molecule has 0 radical (unpaired) electrons. The van der Waals surface area contributed by atoms with Crippen LogP contribution in [-0.4, -0.2) is 14.7 Å². The summed E-state index contributed by atoms with van der Waals surface area (Å²) in [6.45, 7) is 5.16. The molecule has 9 heteroatoms. The van der Waals surface area contributed by atoms with Crippen LogP contribution < -0.4 is 0 Å². The van der Waals surface area contributed by atoms with Crippen molar-refractivity contribution in [3.63, 3.8) is 0 Å². The lowest BCUT2D eigenvalue weighted by Crippen LogP contribution is -2.29. The van der Waals surface area contributed by atoms with Crippen LogP contribution in [0.5, 0.6) is 0 Å². The van der Waals surface area contributed by atoms with Crippen LogP contribution in [0, 0.1) is 24.1 Å². The molecular weight excluding hydrogens is 412 g/mol. The average molecular weight is 428 g/mol. The summed E-state index contributed by atoms with van der Waals surface area (Å²) in [5.74, 6) is 0.00437. The van der Waals surface area contributed by atoms with Gasteiger partial charge < -0.3 is 9.09 Å². The molecule has 0 bridgehead atoms. The fraction of sp³-hybridized carbons (Fsp3) is 0.227. The number of rotatable bonds is 3. The summed E-state index contributed by atoms with van der Waals surface area (Å²) < 4.78 is 61.4. The Balaban J connectivity index is 1.88. The first-order valence-corrected chi connectivity index (χ1v) is 9.27. The Labute approximate surface area is 174 Å². The van der Waals surface area contributed by atoms with E-state index >= 15 is 0 Å². The number of aryl methyl sites for hydroxylation is 1. The van der Waals surface area contributed by atoms with E-state index in [1.165, 1.54) is 36.4 Å². The standard InChI is InChI=1S/C22H16F4N4O/c1-12-10-16-17(9-6-14(11-27)18(16)22(24,25)26)30(12)21(2,3)20-28-19(29-31-20)13-4-7-15(23)8-5-13/h4-10H,1-3H3. The molecule has 0 amide bonds. The van der Waals surface area contributed by atoms with Crippen molar-refractivity contribution in [1.82, 2.24) is 14.7 Å². The first-order chi connectivity index (χ1) is 14.5. The van der Waals surface area contributed by atoms with Crippen molar-refractivity contribution in [2.75, 3.05) is 0 Å². The molecule has 2 aromatic carbocycles. The third-order valence-electron chi connectivity index (χ3n) is 5.18. The van der Waals surface area contributed by atoms with Crippen LogP contribution in [0.25, 0.3) is 22.3 Å². The summed E-state index contributed by atoms with van der Waals surface area (Å²) in [5.41, 5.74) is -1.06. The maximum Gasteiger partial charge on any atom is 0.418 e. The molecule has 0 atom stereocenters. The molecule has 2 heterocycles. The second kappa shape index (κ2) is 6.94. The molecule has 158 valence electrons. The van der Waals surface area contributed by atoms with Crippen LogP contribution in [0.2, 0.25) is 0 Å². The Bertz CT molecular complexity index is 1320. The van der Waals surface area contributed by atoms with E-state index in [9.17, 15) is 17.6 Å². The Morgan fingerprint density at radius 1 is 1.06 bits per heavy atom. The zero-order valence-corrected chi connectivity index (χ0v) is 16.8. The van der Waals surface area contributed by atoms with Gasteiger partial charge in [-0.3, -0.25) is 0 Å². The molecule has 0 aliphatic rings. The van der Waals surface area contributed by atoms with Gasteiger partial charge in [0, 0.05) is 22.2 Å². The number of nitrogens with zero attached hydrogens (tertiary/aromatic N) is 4. The Hall–Kier alpha value is -3.67. The molecule has 0 saturated carbocycles. The molecule has 31 heavy (non-hydrogen) atoms. The predicted octanol–water partition coefficient (Wildman–Crippen LogP) is 5.81. The predicted molar refractivity (Wildman–Crippen MR) is 105 cm³/mol. The first kappa shape index (κ1) is 20.6. The van der Waals surface area contributed by atoms with Crippen LogP contribution in [0.1, 0.15) is 36.6 Å². The maximum absolute atomic E-state index is 13.7. The van der Waals surface area contributed by atoms with Gasteiger partial charge >= 0.3 is 6.18 Å². The summed E-state index contributed by atoms with van der Waals surface area (Å²) >= 11 is 0. The Kier molecular flexibility index (Phi) is 4.61. The van der Waals surface area contributed by atoms with E-state index in [4.69, 9.17) is 9.78 Å².